The number of H-pyrrole nitrogens is 1. The normalized spacial score (nSPS) is 10.7. The molecule has 158 valence electrons. The van der Waals surface area contributed by atoms with Crippen LogP contribution in [0.25, 0.3) is 0 Å². The molecule has 0 saturated heterocycles. The minimum atomic E-state index is -0.616. The zero-order valence-electron chi connectivity index (χ0n) is 16.8. The van der Waals surface area contributed by atoms with Crippen LogP contribution in [0.3, 0.4) is 0 Å². The first kappa shape index (κ1) is 22.6. The standard InChI is InChI=1S/C20H28FN5O2S/c1-3-5-9-13-25(20(29)23-15-11-8-7-10-14(15)21)16-17(22)26(12-6-4-2)19(28)24-18(16)27/h7-8,10-11H,3-6,9,12-13,22H2,1-2H3,(H,23,29)(H,24,27,28). The molecule has 2 rings (SSSR count). The van der Waals surface area contributed by atoms with Crippen molar-refractivity contribution in [2.75, 3.05) is 22.5 Å². The maximum atomic E-state index is 14.1. The van der Waals surface area contributed by atoms with Crippen molar-refractivity contribution < 1.29 is 4.39 Å². The summed E-state index contributed by atoms with van der Waals surface area (Å²) in [6.07, 6.45) is 4.26. The number of anilines is 3. The van der Waals surface area contributed by atoms with Gasteiger partial charge in [0.15, 0.2) is 10.8 Å². The third-order valence-corrected chi connectivity index (χ3v) is 4.89. The molecule has 2 aromatic rings. The molecule has 1 heterocycles. The van der Waals surface area contributed by atoms with Crippen LogP contribution >= 0.6 is 12.2 Å². The number of thiocarbonyl (C=S) groups is 1. The Bertz CT molecular complexity index is 957. The Morgan fingerprint density at radius 1 is 1.21 bits per heavy atom. The summed E-state index contributed by atoms with van der Waals surface area (Å²) in [5.41, 5.74) is 5.37. The number of rotatable bonds is 9. The summed E-state index contributed by atoms with van der Waals surface area (Å²) < 4.78 is 15.4. The van der Waals surface area contributed by atoms with Crippen LogP contribution in [0.15, 0.2) is 33.9 Å². The van der Waals surface area contributed by atoms with Gasteiger partial charge < -0.3 is 16.0 Å². The Morgan fingerprint density at radius 2 is 1.90 bits per heavy atom. The molecule has 0 radical (unpaired) electrons. The summed E-state index contributed by atoms with van der Waals surface area (Å²) >= 11 is 5.48. The highest BCUT2D eigenvalue weighted by Gasteiger charge is 2.22. The van der Waals surface area contributed by atoms with Gasteiger partial charge in [0.25, 0.3) is 5.56 Å². The van der Waals surface area contributed by atoms with E-state index in [0.29, 0.717) is 13.1 Å². The Morgan fingerprint density at radius 3 is 2.55 bits per heavy atom. The van der Waals surface area contributed by atoms with E-state index in [1.54, 1.807) is 23.1 Å². The molecule has 0 aliphatic carbocycles. The van der Waals surface area contributed by atoms with Gasteiger partial charge >= 0.3 is 5.69 Å². The van der Waals surface area contributed by atoms with E-state index in [2.05, 4.69) is 17.2 Å². The minimum absolute atomic E-state index is 0.0568. The van der Waals surface area contributed by atoms with E-state index >= 15 is 0 Å². The third-order valence-electron chi connectivity index (χ3n) is 4.57. The summed E-state index contributed by atoms with van der Waals surface area (Å²) in [6, 6.07) is 6.14. The molecule has 0 amide bonds. The van der Waals surface area contributed by atoms with E-state index in [1.165, 1.54) is 10.6 Å². The third kappa shape index (κ3) is 5.66. The maximum absolute atomic E-state index is 14.1. The van der Waals surface area contributed by atoms with E-state index in [-0.39, 0.29) is 22.3 Å². The van der Waals surface area contributed by atoms with Gasteiger partial charge in [-0.3, -0.25) is 14.3 Å². The number of halogens is 1. The monoisotopic (exact) mass is 421 g/mol. The number of unbranched alkanes of at least 4 members (excludes halogenated alkanes) is 3. The van der Waals surface area contributed by atoms with Gasteiger partial charge in [-0.05, 0) is 37.2 Å². The highest BCUT2D eigenvalue weighted by atomic mass is 32.1. The van der Waals surface area contributed by atoms with Crippen LogP contribution in [0.4, 0.5) is 21.6 Å². The average molecular weight is 422 g/mol. The Balaban J connectivity index is 2.46. The van der Waals surface area contributed by atoms with Crippen LogP contribution in [0.5, 0.6) is 0 Å². The number of para-hydroxylation sites is 1. The molecule has 9 heteroatoms. The lowest BCUT2D eigenvalue weighted by atomic mass is 10.2. The van der Waals surface area contributed by atoms with Gasteiger partial charge in [0.1, 0.15) is 11.6 Å². The van der Waals surface area contributed by atoms with Crippen LogP contribution in [0.2, 0.25) is 0 Å². The lowest BCUT2D eigenvalue weighted by molar-refractivity contribution is 0.604. The van der Waals surface area contributed by atoms with Crippen LogP contribution in [0.1, 0.15) is 46.0 Å². The van der Waals surface area contributed by atoms with Gasteiger partial charge in [-0.1, -0.05) is 45.2 Å². The van der Waals surface area contributed by atoms with Crippen molar-refractivity contribution in [1.82, 2.24) is 9.55 Å². The number of aromatic amines is 1. The second-order valence-corrected chi connectivity index (χ2v) is 7.15. The first-order valence-corrected chi connectivity index (χ1v) is 10.3. The Hall–Kier alpha value is -2.68. The van der Waals surface area contributed by atoms with Crippen LogP contribution in [-0.4, -0.2) is 21.2 Å². The maximum Gasteiger partial charge on any atom is 0.330 e. The van der Waals surface area contributed by atoms with Gasteiger partial charge in [-0.25, -0.2) is 9.18 Å². The van der Waals surface area contributed by atoms with Gasteiger partial charge in [0, 0.05) is 13.1 Å². The number of nitrogen functional groups attached to an aromatic ring is 1. The van der Waals surface area contributed by atoms with E-state index < -0.39 is 17.1 Å². The van der Waals surface area contributed by atoms with Crippen molar-refractivity contribution in [1.29, 1.82) is 0 Å². The van der Waals surface area contributed by atoms with E-state index in [9.17, 15) is 14.0 Å². The highest BCUT2D eigenvalue weighted by Crippen LogP contribution is 2.21. The number of nitrogens with one attached hydrogen (secondary N) is 2. The number of aromatic nitrogens is 2. The summed E-state index contributed by atoms with van der Waals surface area (Å²) in [6.45, 7) is 4.86. The quantitative estimate of drug-likeness (QED) is 0.424. The van der Waals surface area contributed by atoms with Crippen molar-refractivity contribution in [2.24, 2.45) is 0 Å². The lowest BCUT2D eigenvalue weighted by Crippen LogP contribution is -2.43. The molecule has 0 aliphatic rings. The molecule has 0 spiro atoms. The lowest BCUT2D eigenvalue weighted by Gasteiger charge is -2.27. The first-order valence-electron chi connectivity index (χ1n) is 9.86. The highest BCUT2D eigenvalue weighted by molar-refractivity contribution is 7.80. The Labute approximate surface area is 174 Å². The summed E-state index contributed by atoms with van der Waals surface area (Å²) in [5.74, 6) is -0.403. The molecule has 7 nitrogen and oxygen atoms in total. The van der Waals surface area contributed by atoms with Gasteiger partial charge in [0.2, 0.25) is 0 Å². The number of nitrogens with zero attached hydrogens (tertiary/aromatic N) is 2. The van der Waals surface area contributed by atoms with Crippen LogP contribution in [-0.2, 0) is 6.54 Å². The van der Waals surface area contributed by atoms with Gasteiger partial charge in [0.05, 0.1) is 5.69 Å². The Kier molecular flexibility index (Phi) is 8.38. The largest absolute Gasteiger partial charge is 0.383 e. The predicted octanol–water partition coefficient (Wildman–Crippen LogP) is 3.45. The van der Waals surface area contributed by atoms with Crippen molar-refractivity contribution in [3.8, 4) is 0 Å². The molecule has 4 N–H and O–H groups in total. The molecule has 0 fully saturated rings. The molecule has 0 bridgehead atoms. The van der Waals surface area contributed by atoms with E-state index in [0.717, 1.165) is 32.1 Å². The molecule has 29 heavy (non-hydrogen) atoms. The van der Waals surface area contributed by atoms with Crippen molar-refractivity contribution in [3.63, 3.8) is 0 Å². The van der Waals surface area contributed by atoms with Gasteiger partial charge in [-0.2, -0.15) is 0 Å². The molecular weight excluding hydrogens is 393 g/mol. The van der Waals surface area contributed by atoms with Gasteiger partial charge in [-0.15, -0.1) is 0 Å². The number of benzene rings is 1. The predicted molar refractivity (Wildman–Crippen MR) is 120 cm³/mol. The fourth-order valence-corrected chi connectivity index (χ4v) is 3.25. The van der Waals surface area contributed by atoms with Crippen molar-refractivity contribution in [2.45, 2.75) is 52.5 Å². The average Bonchev–Trinajstić information content (AvgIpc) is 2.68. The zero-order chi connectivity index (χ0) is 21.4. The fraction of sp³-hybridized carbons (Fsp3) is 0.450. The minimum Gasteiger partial charge on any atom is -0.383 e. The van der Waals surface area contributed by atoms with E-state index in [4.69, 9.17) is 18.0 Å². The molecule has 0 aliphatic heterocycles. The summed E-state index contributed by atoms with van der Waals surface area (Å²) in [4.78, 5) is 28.7. The fourth-order valence-electron chi connectivity index (χ4n) is 2.96. The molecule has 0 unspecified atom stereocenters. The van der Waals surface area contributed by atoms with Crippen molar-refractivity contribution >= 4 is 34.5 Å². The van der Waals surface area contributed by atoms with Crippen LogP contribution < -0.4 is 27.2 Å². The summed E-state index contributed by atoms with van der Waals surface area (Å²) in [5, 5.41) is 3.00. The van der Waals surface area contributed by atoms with E-state index in [1.807, 2.05) is 6.92 Å². The first-order chi connectivity index (χ1) is 13.9. The molecule has 1 aromatic heterocycles. The number of hydrogen-bond donors (Lipinski definition) is 3. The zero-order valence-corrected chi connectivity index (χ0v) is 17.7. The molecule has 0 atom stereocenters. The molecule has 0 saturated carbocycles. The SMILES string of the molecule is CCCCCN(C(=S)Nc1ccccc1F)c1c(N)n(CCCC)c(=O)[nH]c1=O. The second kappa shape index (κ2) is 10.8. The topological polar surface area (TPSA) is 96.2 Å². The van der Waals surface area contributed by atoms with Crippen molar-refractivity contribution in [3.05, 3.63) is 50.9 Å². The number of hydrogen-bond acceptors (Lipinski definition) is 4. The number of nitrogens with two attached hydrogens (primary N) is 1. The smallest absolute Gasteiger partial charge is 0.330 e. The molecule has 1 aromatic carbocycles. The second-order valence-electron chi connectivity index (χ2n) is 6.77. The van der Waals surface area contributed by atoms with Crippen LogP contribution in [0, 0.1) is 5.82 Å². The summed E-state index contributed by atoms with van der Waals surface area (Å²) in [7, 11) is 0. The molecular formula is C20H28FN5O2S.